The molecule has 0 amide bonds. The minimum absolute atomic E-state index is 0.107. The zero-order valence-electron chi connectivity index (χ0n) is 11.5. The molecule has 1 aromatic rings. The van der Waals surface area contributed by atoms with E-state index in [1.165, 1.54) is 0 Å². The average molecular weight is 325 g/mol. The van der Waals surface area contributed by atoms with Crippen molar-refractivity contribution in [1.29, 1.82) is 0 Å². The molecule has 1 atom stereocenters. The summed E-state index contributed by atoms with van der Waals surface area (Å²) in [7, 11) is 0. The summed E-state index contributed by atoms with van der Waals surface area (Å²) < 4.78 is 54.5. The quantitative estimate of drug-likeness (QED) is 0.780. The molecule has 2 heterocycles. The van der Waals surface area contributed by atoms with E-state index < -0.39 is 12.6 Å². The van der Waals surface area contributed by atoms with Gasteiger partial charge in [-0.15, -0.1) is 4.37 Å². The third-order valence-corrected chi connectivity index (χ3v) is 3.69. The van der Waals surface area contributed by atoms with Gasteiger partial charge in [-0.3, -0.25) is 0 Å². The van der Waals surface area contributed by atoms with Gasteiger partial charge in [0.2, 0.25) is 5.88 Å². The van der Waals surface area contributed by atoms with Gasteiger partial charge in [0.1, 0.15) is 12.3 Å². The zero-order chi connectivity index (χ0) is 15.1. The minimum Gasteiger partial charge on any atom is -0.473 e. The molecule has 1 N–H and O–H groups in total. The Morgan fingerprint density at radius 3 is 2.81 bits per heavy atom. The normalized spacial score (nSPS) is 19.7. The maximum atomic E-state index is 11.9. The van der Waals surface area contributed by atoms with Crippen molar-refractivity contribution in [2.24, 2.45) is 0 Å². The SMILES string of the molecule is FC(F)(F)CCOCCOc1nsnc1C1CCCNC1. The van der Waals surface area contributed by atoms with E-state index >= 15 is 0 Å². The summed E-state index contributed by atoms with van der Waals surface area (Å²) in [5, 5.41) is 3.30. The van der Waals surface area contributed by atoms with Gasteiger partial charge < -0.3 is 14.8 Å². The van der Waals surface area contributed by atoms with Crippen LogP contribution >= 0.6 is 11.7 Å². The Morgan fingerprint density at radius 1 is 1.24 bits per heavy atom. The first-order valence-corrected chi connectivity index (χ1v) is 7.60. The summed E-state index contributed by atoms with van der Waals surface area (Å²) in [5.74, 6) is 0.770. The third-order valence-electron chi connectivity index (χ3n) is 3.16. The summed E-state index contributed by atoms with van der Waals surface area (Å²) >= 11 is 1.09. The molecular weight excluding hydrogens is 307 g/mol. The Balaban J connectivity index is 1.68. The highest BCUT2D eigenvalue weighted by Gasteiger charge is 2.26. The molecule has 5 nitrogen and oxygen atoms in total. The first kappa shape index (κ1) is 16.4. The number of hydrogen-bond donors (Lipinski definition) is 1. The molecular formula is C12H18F3N3O2S. The van der Waals surface area contributed by atoms with Crippen LogP contribution < -0.4 is 10.1 Å². The first-order chi connectivity index (χ1) is 10.1. The number of nitrogens with one attached hydrogen (secondary N) is 1. The lowest BCUT2D eigenvalue weighted by atomic mass is 9.96. The Bertz CT molecular complexity index is 422. The van der Waals surface area contributed by atoms with E-state index in [9.17, 15) is 13.2 Å². The van der Waals surface area contributed by atoms with E-state index in [-0.39, 0.29) is 19.8 Å². The second kappa shape index (κ2) is 7.90. The highest BCUT2D eigenvalue weighted by molar-refractivity contribution is 6.99. The summed E-state index contributed by atoms with van der Waals surface area (Å²) in [6, 6.07) is 0. The zero-order valence-corrected chi connectivity index (χ0v) is 12.3. The van der Waals surface area contributed by atoms with Gasteiger partial charge in [0, 0.05) is 12.5 Å². The Morgan fingerprint density at radius 2 is 2.10 bits per heavy atom. The van der Waals surface area contributed by atoms with Crippen molar-refractivity contribution in [3.63, 3.8) is 0 Å². The van der Waals surface area contributed by atoms with Crippen molar-refractivity contribution in [3.05, 3.63) is 5.69 Å². The molecule has 0 radical (unpaired) electrons. The van der Waals surface area contributed by atoms with Crippen LogP contribution in [0.4, 0.5) is 13.2 Å². The molecule has 0 aliphatic carbocycles. The molecule has 1 aliphatic rings. The fourth-order valence-electron chi connectivity index (χ4n) is 2.11. The Hall–Kier alpha value is -0.930. The number of halogens is 3. The predicted molar refractivity (Wildman–Crippen MR) is 71.7 cm³/mol. The number of aromatic nitrogens is 2. The monoisotopic (exact) mass is 325 g/mol. The number of nitrogens with zero attached hydrogens (tertiary/aromatic N) is 2. The highest BCUT2D eigenvalue weighted by atomic mass is 32.1. The van der Waals surface area contributed by atoms with Crippen LogP contribution in [-0.2, 0) is 4.74 Å². The Kier molecular flexibility index (Phi) is 6.19. The molecule has 0 aromatic carbocycles. The van der Waals surface area contributed by atoms with Gasteiger partial charge in [0.15, 0.2) is 0 Å². The molecule has 120 valence electrons. The third kappa shape index (κ3) is 5.76. The van der Waals surface area contributed by atoms with Crippen molar-refractivity contribution in [2.45, 2.75) is 31.4 Å². The van der Waals surface area contributed by atoms with Crippen molar-refractivity contribution < 1.29 is 22.6 Å². The predicted octanol–water partition coefficient (Wildman–Crippen LogP) is 2.35. The number of rotatable bonds is 7. The molecule has 0 bridgehead atoms. The molecule has 1 unspecified atom stereocenters. The largest absolute Gasteiger partial charge is 0.473 e. The molecule has 2 rings (SSSR count). The van der Waals surface area contributed by atoms with E-state index in [0.29, 0.717) is 11.8 Å². The molecule has 0 saturated carbocycles. The summed E-state index contributed by atoms with van der Waals surface area (Å²) in [6.45, 7) is 1.80. The fraction of sp³-hybridized carbons (Fsp3) is 0.833. The van der Waals surface area contributed by atoms with E-state index in [4.69, 9.17) is 9.47 Å². The van der Waals surface area contributed by atoms with Gasteiger partial charge in [-0.1, -0.05) is 0 Å². The molecule has 1 saturated heterocycles. The van der Waals surface area contributed by atoms with Crippen LogP contribution in [0.15, 0.2) is 0 Å². The molecule has 1 aromatic heterocycles. The van der Waals surface area contributed by atoms with Crippen LogP contribution in [0, 0.1) is 0 Å². The van der Waals surface area contributed by atoms with Gasteiger partial charge in [0.25, 0.3) is 0 Å². The van der Waals surface area contributed by atoms with E-state index in [1.807, 2.05) is 0 Å². The van der Waals surface area contributed by atoms with Gasteiger partial charge in [0.05, 0.1) is 31.4 Å². The van der Waals surface area contributed by atoms with Crippen molar-refractivity contribution >= 4 is 11.7 Å². The number of ether oxygens (including phenoxy) is 2. The maximum Gasteiger partial charge on any atom is 0.391 e. The molecule has 21 heavy (non-hydrogen) atoms. The van der Waals surface area contributed by atoms with Gasteiger partial charge in [-0.05, 0) is 19.4 Å². The minimum atomic E-state index is -4.18. The second-order valence-electron chi connectivity index (χ2n) is 4.82. The van der Waals surface area contributed by atoms with Crippen LogP contribution in [0.3, 0.4) is 0 Å². The number of hydrogen-bond acceptors (Lipinski definition) is 6. The van der Waals surface area contributed by atoms with Crippen LogP contribution in [0.1, 0.15) is 30.9 Å². The topological polar surface area (TPSA) is 56.3 Å². The van der Waals surface area contributed by atoms with E-state index in [0.717, 1.165) is 43.4 Å². The number of alkyl halides is 3. The smallest absolute Gasteiger partial charge is 0.391 e. The van der Waals surface area contributed by atoms with Crippen molar-refractivity contribution in [2.75, 3.05) is 32.9 Å². The van der Waals surface area contributed by atoms with Crippen molar-refractivity contribution in [3.8, 4) is 5.88 Å². The lowest BCUT2D eigenvalue weighted by Gasteiger charge is -2.21. The molecule has 0 spiro atoms. The molecule has 1 fully saturated rings. The first-order valence-electron chi connectivity index (χ1n) is 6.87. The highest BCUT2D eigenvalue weighted by Crippen LogP contribution is 2.29. The van der Waals surface area contributed by atoms with Crippen LogP contribution in [0.5, 0.6) is 5.88 Å². The average Bonchev–Trinajstić information content (AvgIpc) is 2.91. The summed E-state index contributed by atoms with van der Waals surface area (Å²) in [6.07, 6.45) is -3.00. The van der Waals surface area contributed by atoms with E-state index in [2.05, 4.69) is 14.1 Å². The maximum absolute atomic E-state index is 11.9. The van der Waals surface area contributed by atoms with Gasteiger partial charge in [-0.25, -0.2) is 0 Å². The molecule has 1 aliphatic heterocycles. The number of piperidine rings is 1. The fourth-order valence-corrected chi connectivity index (χ4v) is 2.69. The lowest BCUT2D eigenvalue weighted by Crippen LogP contribution is -2.28. The summed E-state index contributed by atoms with van der Waals surface area (Å²) in [5.41, 5.74) is 0.836. The van der Waals surface area contributed by atoms with Gasteiger partial charge in [-0.2, -0.15) is 17.5 Å². The second-order valence-corrected chi connectivity index (χ2v) is 5.35. The van der Waals surface area contributed by atoms with Crippen LogP contribution in [0.25, 0.3) is 0 Å². The standard InChI is InChI=1S/C12H18F3N3O2S/c13-12(14,15)3-5-19-6-7-20-11-10(17-21-18-11)9-2-1-4-16-8-9/h9,16H,1-8H2. The van der Waals surface area contributed by atoms with Crippen molar-refractivity contribution in [1.82, 2.24) is 14.1 Å². The lowest BCUT2D eigenvalue weighted by molar-refractivity contribution is -0.145. The van der Waals surface area contributed by atoms with Crippen LogP contribution in [0.2, 0.25) is 0 Å². The van der Waals surface area contributed by atoms with Gasteiger partial charge >= 0.3 is 6.18 Å². The van der Waals surface area contributed by atoms with E-state index in [1.54, 1.807) is 0 Å². The summed E-state index contributed by atoms with van der Waals surface area (Å²) in [4.78, 5) is 0. The van der Waals surface area contributed by atoms with Crippen LogP contribution in [-0.4, -0.2) is 47.8 Å². The Labute approximate surface area is 125 Å². The molecule has 9 heteroatoms.